The van der Waals surface area contributed by atoms with Crippen molar-refractivity contribution < 1.29 is 10.2 Å². The van der Waals surface area contributed by atoms with Crippen LogP contribution in [0.5, 0.6) is 0 Å². The van der Waals surface area contributed by atoms with Crippen LogP contribution >= 0.6 is 0 Å². The van der Waals surface area contributed by atoms with Gasteiger partial charge in [-0.2, -0.15) is 0 Å². The largest absolute Gasteiger partial charge is 0.396 e. The summed E-state index contributed by atoms with van der Waals surface area (Å²) in [7, 11) is 0. The lowest BCUT2D eigenvalue weighted by Gasteiger charge is -2.44. The fourth-order valence-corrected chi connectivity index (χ4v) is 8.10. The zero-order valence-electron chi connectivity index (χ0n) is 24.4. The van der Waals surface area contributed by atoms with Crippen LogP contribution < -0.4 is 0 Å². The lowest BCUT2D eigenvalue weighted by Crippen LogP contribution is -2.39. The smallest absolute Gasteiger partial charge is 0.0482 e. The minimum atomic E-state index is -0.242. The van der Waals surface area contributed by atoms with Gasteiger partial charge in [0.15, 0.2) is 0 Å². The van der Waals surface area contributed by atoms with Crippen LogP contribution in [-0.2, 0) is 10.8 Å². The molecule has 6 rings (SSSR count). The molecular formula is C38H42O2. The highest BCUT2D eigenvalue weighted by atomic mass is 16.3. The lowest BCUT2D eigenvalue weighted by atomic mass is 9.59. The highest BCUT2D eigenvalue weighted by Gasteiger charge is 2.51. The van der Waals surface area contributed by atoms with Gasteiger partial charge in [0.05, 0.1) is 0 Å². The minimum absolute atomic E-state index is 0.146. The van der Waals surface area contributed by atoms with Gasteiger partial charge in [0.25, 0.3) is 0 Å². The molecule has 40 heavy (non-hydrogen) atoms. The Morgan fingerprint density at radius 2 is 0.700 bits per heavy atom. The molecule has 206 valence electrons. The summed E-state index contributed by atoms with van der Waals surface area (Å²) in [4.78, 5) is 0. The van der Waals surface area contributed by atoms with E-state index >= 15 is 0 Å². The minimum Gasteiger partial charge on any atom is -0.396 e. The third-order valence-corrected chi connectivity index (χ3v) is 9.75. The molecule has 2 nitrogen and oxygen atoms in total. The van der Waals surface area contributed by atoms with E-state index in [1.54, 1.807) is 0 Å². The van der Waals surface area contributed by atoms with E-state index in [0.717, 1.165) is 25.7 Å². The quantitative estimate of drug-likeness (QED) is 0.228. The molecule has 2 aliphatic rings. The molecule has 0 amide bonds. The molecule has 2 N–H and O–H groups in total. The Morgan fingerprint density at radius 1 is 0.450 bits per heavy atom. The van der Waals surface area contributed by atoms with Crippen molar-refractivity contribution in [2.24, 2.45) is 10.8 Å². The number of rotatable bonds is 9. The van der Waals surface area contributed by atoms with Crippen LogP contribution in [0, 0.1) is 10.8 Å². The average molecular weight is 531 g/mol. The highest BCUT2D eigenvalue weighted by molar-refractivity contribution is 5.82. The number of benzene rings is 4. The Labute approximate surface area is 239 Å². The number of fused-ring (bicyclic) bond motifs is 6. The van der Waals surface area contributed by atoms with Crippen molar-refractivity contribution in [2.45, 2.75) is 64.2 Å². The van der Waals surface area contributed by atoms with Crippen LogP contribution in [0.25, 0.3) is 22.3 Å². The topological polar surface area (TPSA) is 40.5 Å². The van der Waals surface area contributed by atoms with E-state index in [1.807, 2.05) is 0 Å². The lowest BCUT2D eigenvalue weighted by molar-refractivity contribution is 0.112. The molecule has 4 aromatic rings. The zero-order valence-corrected chi connectivity index (χ0v) is 24.4. The van der Waals surface area contributed by atoms with E-state index in [4.69, 9.17) is 0 Å². The SMILES string of the molecule is CC(C)(CO)CC1(CCC2(CC(C)(C)CO)c3ccccc3-c3ccccc32)c2ccccc2-c2ccccc21. The van der Waals surface area contributed by atoms with E-state index in [1.165, 1.54) is 44.5 Å². The number of aliphatic hydroxyl groups excluding tert-OH is 2. The molecule has 2 aliphatic carbocycles. The normalized spacial score (nSPS) is 16.2. The summed E-state index contributed by atoms with van der Waals surface area (Å²) in [6, 6.07) is 35.7. The molecule has 0 spiro atoms. The highest BCUT2D eigenvalue weighted by Crippen LogP contribution is 2.61. The van der Waals surface area contributed by atoms with Gasteiger partial charge in [-0.3, -0.25) is 0 Å². The van der Waals surface area contributed by atoms with Gasteiger partial charge in [-0.05, 0) is 81.0 Å². The number of hydrogen-bond acceptors (Lipinski definition) is 2. The summed E-state index contributed by atoms with van der Waals surface area (Å²) in [6.07, 6.45) is 3.64. The van der Waals surface area contributed by atoms with Crippen molar-refractivity contribution in [1.29, 1.82) is 0 Å². The van der Waals surface area contributed by atoms with E-state index < -0.39 is 0 Å². The number of aliphatic hydroxyl groups is 2. The molecule has 0 saturated heterocycles. The standard InChI is InChI=1S/C38H42O2/c1-35(2,25-39)23-37(31-17-9-5-13-27(31)28-14-6-10-18-32(28)37)21-22-38(24-36(3,4)26-40)33-19-11-7-15-29(33)30-16-8-12-20-34(30)38/h5-20,39-40H,21-26H2,1-4H3. The van der Waals surface area contributed by atoms with Gasteiger partial charge < -0.3 is 10.2 Å². The maximum Gasteiger partial charge on any atom is 0.0482 e. The van der Waals surface area contributed by atoms with Crippen molar-refractivity contribution >= 4 is 0 Å². The molecule has 0 radical (unpaired) electrons. The van der Waals surface area contributed by atoms with E-state index in [9.17, 15) is 10.2 Å². The molecule has 0 atom stereocenters. The summed E-state index contributed by atoms with van der Waals surface area (Å²) in [6.45, 7) is 9.08. The fraction of sp³-hybridized carbons (Fsp3) is 0.368. The summed E-state index contributed by atoms with van der Waals surface area (Å²) < 4.78 is 0. The fourth-order valence-electron chi connectivity index (χ4n) is 8.10. The van der Waals surface area contributed by atoms with Crippen LogP contribution in [0.4, 0.5) is 0 Å². The van der Waals surface area contributed by atoms with Crippen molar-refractivity contribution in [1.82, 2.24) is 0 Å². The first-order valence-corrected chi connectivity index (χ1v) is 14.8. The van der Waals surface area contributed by atoms with Crippen molar-refractivity contribution in [3.05, 3.63) is 119 Å². The second-order valence-electron chi connectivity index (χ2n) is 13.8. The molecule has 0 aromatic heterocycles. The van der Waals surface area contributed by atoms with Crippen molar-refractivity contribution in [3.63, 3.8) is 0 Å². The molecule has 0 bridgehead atoms. The maximum atomic E-state index is 10.5. The molecule has 0 heterocycles. The second kappa shape index (κ2) is 9.72. The van der Waals surface area contributed by atoms with Crippen molar-refractivity contribution in [2.75, 3.05) is 13.2 Å². The van der Waals surface area contributed by atoms with Gasteiger partial charge in [-0.15, -0.1) is 0 Å². The average Bonchev–Trinajstić information content (AvgIpc) is 3.40. The molecular weight excluding hydrogens is 488 g/mol. The maximum absolute atomic E-state index is 10.5. The van der Waals surface area contributed by atoms with Gasteiger partial charge in [0.1, 0.15) is 0 Å². The summed E-state index contributed by atoms with van der Waals surface area (Å²) in [5.41, 5.74) is 9.90. The van der Waals surface area contributed by atoms with Crippen LogP contribution in [-0.4, -0.2) is 23.4 Å². The molecule has 4 aromatic carbocycles. The predicted octanol–water partition coefficient (Wildman–Crippen LogP) is 8.52. The first kappa shape index (κ1) is 27.0. The third kappa shape index (κ3) is 4.16. The molecule has 0 fully saturated rings. The Balaban J connectivity index is 1.56. The molecule has 0 aliphatic heterocycles. The first-order valence-electron chi connectivity index (χ1n) is 14.8. The summed E-state index contributed by atoms with van der Waals surface area (Å²) in [5.74, 6) is 0. The molecule has 0 unspecified atom stereocenters. The molecule has 0 saturated carbocycles. The zero-order chi connectivity index (χ0) is 28.2. The predicted molar refractivity (Wildman–Crippen MR) is 166 cm³/mol. The van der Waals surface area contributed by atoms with E-state index in [2.05, 4.69) is 125 Å². The van der Waals surface area contributed by atoms with E-state index in [-0.39, 0.29) is 34.9 Å². The van der Waals surface area contributed by atoms with Crippen LogP contribution in [0.15, 0.2) is 97.1 Å². The summed E-state index contributed by atoms with van der Waals surface area (Å²) in [5, 5.41) is 21.0. The summed E-state index contributed by atoms with van der Waals surface area (Å²) >= 11 is 0. The Kier molecular flexibility index (Phi) is 6.56. The van der Waals surface area contributed by atoms with Gasteiger partial charge >= 0.3 is 0 Å². The Morgan fingerprint density at radius 3 is 0.950 bits per heavy atom. The van der Waals surface area contributed by atoms with Crippen LogP contribution in [0.1, 0.15) is 75.6 Å². The van der Waals surface area contributed by atoms with Gasteiger partial charge in [0.2, 0.25) is 0 Å². The van der Waals surface area contributed by atoms with Crippen molar-refractivity contribution in [3.8, 4) is 22.3 Å². The van der Waals surface area contributed by atoms with Crippen LogP contribution in [0.3, 0.4) is 0 Å². The first-order chi connectivity index (χ1) is 19.2. The van der Waals surface area contributed by atoms with Crippen LogP contribution in [0.2, 0.25) is 0 Å². The molecule has 2 heteroatoms. The third-order valence-electron chi connectivity index (χ3n) is 9.75. The van der Waals surface area contributed by atoms with E-state index in [0.29, 0.717) is 0 Å². The Hall–Kier alpha value is -3.20. The Bertz CT molecular complexity index is 1330. The second-order valence-corrected chi connectivity index (χ2v) is 13.8. The van der Waals surface area contributed by atoms with Gasteiger partial charge in [-0.25, -0.2) is 0 Å². The van der Waals surface area contributed by atoms with Gasteiger partial charge in [-0.1, -0.05) is 125 Å². The monoisotopic (exact) mass is 530 g/mol. The van der Waals surface area contributed by atoms with Gasteiger partial charge in [0, 0.05) is 24.0 Å². The number of hydrogen-bond donors (Lipinski definition) is 2.